The standard InChI is InChI=1S/C19H20Cl3N3O3S/c1-11-5-4-6-13(9-11)23-18(29)25-17(19(20,21)22)24-16(26)12-7-8-14(27-2)15(10-12)28-3/h4-10,17H,1-3H3,(H,24,26)(H2,23,25,29). The van der Waals surface area contributed by atoms with Crippen molar-refractivity contribution in [3.05, 3.63) is 53.6 Å². The van der Waals surface area contributed by atoms with Gasteiger partial charge in [0.15, 0.2) is 16.6 Å². The second-order valence-corrected chi connectivity index (χ2v) is 8.76. The molecule has 0 fully saturated rings. The monoisotopic (exact) mass is 475 g/mol. The van der Waals surface area contributed by atoms with Crippen LogP contribution < -0.4 is 25.4 Å². The predicted molar refractivity (Wildman–Crippen MR) is 122 cm³/mol. The van der Waals surface area contributed by atoms with Crippen LogP contribution in [0.25, 0.3) is 0 Å². The molecule has 0 radical (unpaired) electrons. The smallest absolute Gasteiger partial charge is 0.253 e. The van der Waals surface area contributed by atoms with Crippen LogP contribution in [0.4, 0.5) is 5.69 Å². The lowest BCUT2D eigenvalue weighted by Gasteiger charge is -2.28. The van der Waals surface area contributed by atoms with Gasteiger partial charge in [0.2, 0.25) is 3.79 Å². The van der Waals surface area contributed by atoms with Crippen molar-refractivity contribution in [1.82, 2.24) is 10.6 Å². The van der Waals surface area contributed by atoms with Crippen LogP contribution >= 0.6 is 47.0 Å². The number of benzene rings is 2. The number of amides is 1. The fourth-order valence-corrected chi connectivity index (χ4v) is 2.98. The topological polar surface area (TPSA) is 71.6 Å². The predicted octanol–water partition coefficient (Wildman–Crippen LogP) is 4.42. The lowest BCUT2D eigenvalue weighted by molar-refractivity contribution is 0.0934. The van der Waals surface area contributed by atoms with Crippen molar-refractivity contribution in [3.8, 4) is 11.5 Å². The van der Waals surface area contributed by atoms with Gasteiger partial charge in [-0.15, -0.1) is 0 Å². The minimum atomic E-state index is -1.87. The molecule has 1 amide bonds. The van der Waals surface area contributed by atoms with Crippen LogP contribution in [0.1, 0.15) is 15.9 Å². The van der Waals surface area contributed by atoms with Gasteiger partial charge in [0.25, 0.3) is 5.91 Å². The number of rotatable bonds is 6. The van der Waals surface area contributed by atoms with Gasteiger partial charge >= 0.3 is 0 Å². The van der Waals surface area contributed by atoms with Gasteiger partial charge in [-0.25, -0.2) is 0 Å². The van der Waals surface area contributed by atoms with Crippen LogP contribution in [0, 0.1) is 6.92 Å². The molecule has 0 spiro atoms. The molecule has 1 unspecified atom stereocenters. The van der Waals surface area contributed by atoms with E-state index in [9.17, 15) is 4.79 Å². The van der Waals surface area contributed by atoms with Crippen molar-refractivity contribution in [1.29, 1.82) is 0 Å². The Morgan fingerprint density at radius 1 is 1.03 bits per heavy atom. The third-order valence-corrected chi connectivity index (χ3v) is 4.67. The van der Waals surface area contributed by atoms with E-state index >= 15 is 0 Å². The molecule has 6 nitrogen and oxygen atoms in total. The molecule has 2 aromatic carbocycles. The molecule has 0 saturated heterocycles. The van der Waals surface area contributed by atoms with Crippen LogP contribution in [-0.2, 0) is 0 Å². The molecular formula is C19H20Cl3N3O3S. The summed E-state index contributed by atoms with van der Waals surface area (Å²) in [7, 11) is 2.98. The number of carbonyl (C=O) groups is 1. The number of alkyl halides is 3. The molecule has 2 rings (SSSR count). The molecule has 0 heterocycles. The molecule has 3 N–H and O–H groups in total. The Morgan fingerprint density at radius 3 is 2.31 bits per heavy atom. The third kappa shape index (κ3) is 6.82. The largest absolute Gasteiger partial charge is 0.493 e. The minimum Gasteiger partial charge on any atom is -0.493 e. The van der Waals surface area contributed by atoms with Gasteiger partial charge in [-0.3, -0.25) is 4.79 Å². The van der Waals surface area contributed by atoms with Crippen molar-refractivity contribution in [3.63, 3.8) is 0 Å². The summed E-state index contributed by atoms with van der Waals surface area (Å²) in [5, 5.41) is 8.60. The number of hydrogen-bond acceptors (Lipinski definition) is 4. The first-order chi connectivity index (χ1) is 13.6. The highest BCUT2D eigenvalue weighted by atomic mass is 35.6. The Labute approximate surface area is 189 Å². The first-order valence-electron chi connectivity index (χ1n) is 8.38. The highest BCUT2D eigenvalue weighted by molar-refractivity contribution is 7.80. The van der Waals surface area contributed by atoms with Gasteiger partial charge in [-0.1, -0.05) is 46.9 Å². The van der Waals surface area contributed by atoms with E-state index in [1.54, 1.807) is 12.1 Å². The van der Waals surface area contributed by atoms with Crippen molar-refractivity contribution < 1.29 is 14.3 Å². The Hall–Kier alpha value is -1.93. The second kappa shape index (κ2) is 10.2. The second-order valence-electron chi connectivity index (χ2n) is 5.99. The number of aryl methyl sites for hydroxylation is 1. The molecule has 10 heteroatoms. The lowest BCUT2D eigenvalue weighted by atomic mass is 10.2. The average Bonchev–Trinajstić information content (AvgIpc) is 2.66. The molecule has 0 aliphatic heterocycles. The summed E-state index contributed by atoms with van der Waals surface area (Å²) in [4.78, 5) is 12.7. The van der Waals surface area contributed by atoms with Gasteiger partial charge in [0.05, 0.1) is 14.2 Å². The van der Waals surface area contributed by atoms with Crippen LogP contribution in [0.5, 0.6) is 11.5 Å². The molecular weight excluding hydrogens is 457 g/mol. The van der Waals surface area contributed by atoms with Gasteiger partial charge in [0, 0.05) is 11.3 Å². The van der Waals surface area contributed by atoms with Crippen molar-refractivity contribution >= 4 is 63.7 Å². The fourth-order valence-electron chi connectivity index (χ4n) is 2.41. The Bertz CT molecular complexity index is 890. The van der Waals surface area contributed by atoms with E-state index < -0.39 is 15.9 Å². The maximum absolute atomic E-state index is 12.7. The number of methoxy groups -OCH3 is 2. The molecule has 156 valence electrons. The van der Waals surface area contributed by atoms with E-state index in [0.717, 1.165) is 11.3 Å². The molecule has 0 aliphatic rings. The summed E-state index contributed by atoms with van der Waals surface area (Å²) in [5.41, 5.74) is 2.11. The Kier molecular flexibility index (Phi) is 8.22. The molecule has 2 aromatic rings. The van der Waals surface area contributed by atoms with Gasteiger partial charge in [-0.05, 0) is 55.0 Å². The highest BCUT2D eigenvalue weighted by Gasteiger charge is 2.35. The average molecular weight is 477 g/mol. The minimum absolute atomic E-state index is 0.180. The maximum Gasteiger partial charge on any atom is 0.253 e. The molecule has 1 atom stereocenters. The van der Waals surface area contributed by atoms with Gasteiger partial charge in [-0.2, -0.15) is 0 Å². The molecule has 0 saturated carbocycles. The summed E-state index contributed by atoms with van der Waals surface area (Å²) in [6.45, 7) is 1.95. The van der Waals surface area contributed by atoms with Crippen molar-refractivity contribution in [2.24, 2.45) is 0 Å². The summed E-state index contributed by atoms with van der Waals surface area (Å²) < 4.78 is 8.51. The summed E-state index contributed by atoms with van der Waals surface area (Å²) >= 11 is 23.4. The summed E-state index contributed by atoms with van der Waals surface area (Å²) in [5.74, 6) is 0.395. The van der Waals surface area contributed by atoms with Crippen LogP contribution in [0.2, 0.25) is 0 Å². The number of carbonyl (C=O) groups excluding carboxylic acids is 1. The molecule has 0 aliphatic carbocycles. The molecule has 0 aromatic heterocycles. The first-order valence-corrected chi connectivity index (χ1v) is 9.92. The zero-order valence-corrected chi connectivity index (χ0v) is 19.0. The van der Waals surface area contributed by atoms with E-state index in [4.69, 9.17) is 56.5 Å². The third-order valence-electron chi connectivity index (χ3n) is 3.80. The Morgan fingerprint density at radius 2 is 1.72 bits per heavy atom. The zero-order valence-electron chi connectivity index (χ0n) is 15.9. The number of ether oxygens (including phenoxy) is 2. The highest BCUT2D eigenvalue weighted by Crippen LogP contribution is 2.30. The van der Waals surface area contributed by atoms with Crippen LogP contribution in [0.15, 0.2) is 42.5 Å². The summed E-state index contributed by atoms with van der Waals surface area (Å²) in [6.07, 6.45) is -1.10. The van der Waals surface area contributed by atoms with E-state index in [1.807, 2.05) is 31.2 Å². The number of hydrogen-bond donors (Lipinski definition) is 3. The zero-order chi connectivity index (χ0) is 21.6. The molecule has 0 bridgehead atoms. The number of halogens is 3. The quantitative estimate of drug-likeness (QED) is 0.326. The lowest BCUT2D eigenvalue weighted by Crippen LogP contribution is -2.56. The number of anilines is 1. The van der Waals surface area contributed by atoms with E-state index in [-0.39, 0.29) is 5.11 Å². The fraction of sp³-hybridized carbons (Fsp3) is 0.263. The number of nitrogens with one attached hydrogen (secondary N) is 3. The summed E-state index contributed by atoms with van der Waals surface area (Å²) in [6, 6.07) is 12.3. The molecule has 29 heavy (non-hydrogen) atoms. The van der Waals surface area contributed by atoms with E-state index in [0.29, 0.717) is 17.1 Å². The first kappa shape index (κ1) is 23.3. The van der Waals surface area contributed by atoms with E-state index in [1.165, 1.54) is 20.3 Å². The van der Waals surface area contributed by atoms with Crippen molar-refractivity contribution in [2.45, 2.75) is 16.9 Å². The van der Waals surface area contributed by atoms with Crippen LogP contribution in [-0.4, -0.2) is 35.2 Å². The maximum atomic E-state index is 12.7. The van der Waals surface area contributed by atoms with Gasteiger partial charge < -0.3 is 25.4 Å². The van der Waals surface area contributed by atoms with Crippen LogP contribution in [0.3, 0.4) is 0 Å². The Balaban J connectivity index is 2.12. The van der Waals surface area contributed by atoms with Crippen molar-refractivity contribution in [2.75, 3.05) is 19.5 Å². The van der Waals surface area contributed by atoms with Gasteiger partial charge in [0.1, 0.15) is 6.17 Å². The SMILES string of the molecule is COc1ccc(C(=O)NC(NC(=S)Nc2cccc(C)c2)C(Cl)(Cl)Cl)cc1OC. The van der Waals surface area contributed by atoms with E-state index in [2.05, 4.69) is 16.0 Å². The normalized spacial score (nSPS) is 11.9. The number of thiocarbonyl (C=S) groups is 1.